The zero-order valence-corrected chi connectivity index (χ0v) is 11.0. The molecule has 17 heavy (non-hydrogen) atoms. The zero-order valence-electron chi connectivity index (χ0n) is 11.0. The van der Waals surface area contributed by atoms with Crippen molar-refractivity contribution in [2.45, 2.75) is 32.6 Å². The Bertz CT molecular complexity index is 216. The van der Waals surface area contributed by atoms with E-state index in [0.717, 1.165) is 38.9 Å². The fourth-order valence-corrected chi connectivity index (χ4v) is 1.64. The van der Waals surface area contributed by atoms with Crippen molar-refractivity contribution in [1.29, 1.82) is 0 Å². The van der Waals surface area contributed by atoms with Gasteiger partial charge in [-0.15, -0.1) is 13.2 Å². The maximum atomic E-state index is 11.1. The molecule has 0 aromatic rings. The lowest BCUT2D eigenvalue weighted by atomic mass is 10.2. The number of carbonyl (C=O) groups excluding carboxylic acids is 1. The first-order valence-corrected chi connectivity index (χ1v) is 6.34. The van der Waals surface area contributed by atoms with Gasteiger partial charge in [-0.3, -0.25) is 9.69 Å². The minimum absolute atomic E-state index is 0.0819. The summed E-state index contributed by atoms with van der Waals surface area (Å²) in [5.41, 5.74) is 0. The monoisotopic (exact) mass is 239 g/mol. The second-order valence-corrected chi connectivity index (χ2v) is 3.95. The molecule has 0 radical (unpaired) electrons. The third-order valence-corrected chi connectivity index (χ3v) is 2.44. The summed E-state index contributed by atoms with van der Waals surface area (Å²) in [4.78, 5) is 13.4. The molecule has 0 bridgehead atoms. The highest BCUT2D eigenvalue weighted by atomic mass is 16.5. The number of carbonyl (C=O) groups is 1. The van der Waals surface area contributed by atoms with Crippen molar-refractivity contribution in [3.05, 3.63) is 25.3 Å². The molecule has 0 aromatic heterocycles. The molecule has 0 aliphatic rings. The van der Waals surface area contributed by atoms with Crippen molar-refractivity contribution in [1.82, 2.24) is 4.90 Å². The van der Waals surface area contributed by atoms with Crippen molar-refractivity contribution in [2.24, 2.45) is 0 Å². The molecule has 0 aliphatic heterocycles. The fourth-order valence-electron chi connectivity index (χ4n) is 1.64. The predicted octanol–water partition coefficient (Wildman–Crippen LogP) is 2.78. The largest absolute Gasteiger partial charge is 0.466 e. The minimum atomic E-state index is -0.0819. The first-order valence-electron chi connectivity index (χ1n) is 6.34. The average molecular weight is 239 g/mol. The molecule has 3 heteroatoms. The Morgan fingerprint density at radius 1 is 1.18 bits per heavy atom. The number of rotatable bonds is 11. The van der Waals surface area contributed by atoms with Crippen molar-refractivity contribution in [3.63, 3.8) is 0 Å². The van der Waals surface area contributed by atoms with E-state index >= 15 is 0 Å². The van der Waals surface area contributed by atoms with Crippen LogP contribution in [0.25, 0.3) is 0 Å². The summed E-state index contributed by atoms with van der Waals surface area (Å²) < 4.78 is 4.87. The van der Waals surface area contributed by atoms with Crippen LogP contribution in [0.1, 0.15) is 32.6 Å². The van der Waals surface area contributed by atoms with Crippen LogP contribution in [0.15, 0.2) is 25.3 Å². The lowest BCUT2D eigenvalue weighted by Gasteiger charge is -2.18. The number of nitrogens with zero attached hydrogens (tertiary/aromatic N) is 1. The summed E-state index contributed by atoms with van der Waals surface area (Å²) in [7, 11) is 0. The summed E-state index contributed by atoms with van der Waals surface area (Å²) in [5, 5.41) is 0. The van der Waals surface area contributed by atoms with Gasteiger partial charge >= 0.3 is 5.97 Å². The Balaban J connectivity index is 3.50. The molecule has 0 saturated carbocycles. The van der Waals surface area contributed by atoms with E-state index in [1.54, 1.807) is 0 Å². The van der Waals surface area contributed by atoms with Gasteiger partial charge in [0.1, 0.15) is 0 Å². The highest BCUT2D eigenvalue weighted by molar-refractivity contribution is 5.69. The summed E-state index contributed by atoms with van der Waals surface area (Å²) in [6.07, 6.45) is 7.42. The van der Waals surface area contributed by atoms with Gasteiger partial charge in [0.05, 0.1) is 6.61 Å². The van der Waals surface area contributed by atoms with Crippen molar-refractivity contribution >= 4 is 5.97 Å². The number of hydrogen-bond acceptors (Lipinski definition) is 3. The molecular weight excluding hydrogens is 214 g/mol. The van der Waals surface area contributed by atoms with Gasteiger partial charge < -0.3 is 4.74 Å². The Morgan fingerprint density at radius 2 is 1.82 bits per heavy atom. The average Bonchev–Trinajstić information content (AvgIpc) is 2.29. The molecule has 0 heterocycles. The second-order valence-electron chi connectivity index (χ2n) is 3.95. The topological polar surface area (TPSA) is 29.5 Å². The van der Waals surface area contributed by atoms with E-state index in [4.69, 9.17) is 4.74 Å². The highest BCUT2D eigenvalue weighted by Crippen LogP contribution is 2.03. The molecule has 0 aliphatic carbocycles. The summed E-state index contributed by atoms with van der Waals surface area (Å²) in [6, 6.07) is 0. The van der Waals surface area contributed by atoms with Crippen molar-refractivity contribution in [3.8, 4) is 0 Å². The van der Waals surface area contributed by atoms with E-state index in [1.165, 1.54) is 0 Å². The van der Waals surface area contributed by atoms with Crippen molar-refractivity contribution in [2.75, 3.05) is 26.2 Å². The molecule has 0 saturated heterocycles. The molecule has 0 spiro atoms. The van der Waals surface area contributed by atoms with E-state index in [1.807, 2.05) is 19.1 Å². The van der Waals surface area contributed by atoms with E-state index in [9.17, 15) is 4.79 Å². The standard InChI is InChI=1S/C14H25NO2/c1-4-11-15(12-5-2)13-9-7-8-10-14(16)17-6-3/h4-5H,1-2,6-13H2,3H3. The van der Waals surface area contributed by atoms with Gasteiger partial charge in [-0.25, -0.2) is 0 Å². The van der Waals surface area contributed by atoms with Gasteiger partial charge in [-0.1, -0.05) is 18.6 Å². The summed E-state index contributed by atoms with van der Waals surface area (Å²) in [5.74, 6) is -0.0819. The van der Waals surface area contributed by atoms with Gasteiger partial charge in [0.15, 0.2) is 0 Å². The lowest BCUT2D eigenvalue weighted by Crippen LogP contribution is -2.25. The first-order chi connectivity index (χ1) is 8.24. The number of hydrogen-bond donors (Lipinski definition) is 0. The Labute approximate surface area is 105 Å². The first kappa shape index (κ1) is 15.9. The molecular formula is C14H25NO2. The van der Waals surface area contributed by atoms with E-state index in [0.29, 0.717) is 13.0 Å². The smallest absolute Gasteiger partial charge is 0.305 e. The molecule has 0 atom stereocenters. The third-order valence-electron chi connectivity index (χ3n) is 2.44. The van der Waals surface area contributed by atoms with Crippen LogP contribution < -0.4 is 0 Å². The van der Waals surface area contributed by atoms with Crippen LogP contribution in [0, 0.1) is 0 Å². The Morgan fingerprint density at radius 3 is 2.35 bits per heavy atom. The van der Waals surface area contributed by atoms with Crippen LogP contribution in [0.5, 0.6) is 0 Å². The molecule has 0 unspecified atom stereocenters. The zero-order chi connectivity index (χ0) is 12.9. The summed E-state index contributed by atoms with van der Waals surface area (Å²) in [6.45, 7) is 12.6. The van der Waals surface area contributed by atoms with E-state index in [2.05, 4.69) is 18.1 Å². The molecule has 0 rings (SSSR count). The highest BCUT2D eigenvalue weighted by Gasteiger charge is 2.02. The van der Waals surface area contributed by atoms with Gasteiger partial charge in [0.25, 0.3) is 0 Å². The SMILES string of the molecule is C=CCN(CC=C)CCCCCC(=O)OCC. The molecule has 0 N–H and O–H groups in total. The normalized spacial score (nSPS) is 10.2. The third kappa shape index (κ3) is 9.82. The molecule has 3 nitrogen and oxygen atoms in total. The molecule has 0 aromatic carbocycles. The predicted molar refractivity (Wildman–Crippen MR) is 71.9 cm³/mol. The number of esters is 1. The molecule has 98 valence electrons. The number of unbranched alkanes of at least 4 members (excludes halogenated alkanes) is 2. The molecule has 0 amide bonds. The van der Waals surface area contributed by atoms with E-state index < -0.39 is 0 Å². The fraction of sp³-hybridized carbons (Fsp3) is 0.643. The lowest BCUT2D eigenvalue weighted by molar-refractivity contribution is -0.143. The minimum Gasteiger partial charge on any atom is -0.466 e. The van der Waals surface area contributed by atoms with Crippen LogP contribution in [0.4, 0.5) is 0 Å². The van der Waals surface area contributed by atoms with E-state index in [-0.39, 0.29) is 5.97 Å². The number of ether oxygens (including phenoxy) is 1. The second kappa shape index (κ2) is 11.4. The van der Waals surface area contributed by atoms with Crippen LogP contribution in [-0.4, -0.2) is 37.1 Å². The van der Waals surface area contributed by atoms with Crippen LogP contribution in [0.3, 0.4) is 0 Å². The maximum absolute atomic E-state index is 11.1. The van der Waals surface area contributed by atoms with Gasteiger partial charge in [0, 0.05) is 19.5 Å². The van der Waals surface area contributed by atoms with Crippen molar-refractivity contribution < 1.29 is 9.53 Å². The quantitative estimate of drug-likeness (QED) is 0.315. The van der Waals surface area contributed by atoms with Crippen LogP contribution >= 0.6 is 0 Å². The van der Waals surface area contributed by atoms with Gasteiger partial charge in [0.2, 0.25) is 0 Å². The maximum Gasteiger partial charge on any atom is 0.305 e. The summed E-state index contributed by atoms with van der Waals surface area (Å²) >= 11 is 0. The van der Waals surface area contributed by atoms with Crippen LogP contribution in [0.2, 0.25) is 0 Å². The van der Waals surface area contributed by atoms with Gasteiger partial charge in [-0.05, 0) is 26.3 Å². The van der Waals surface area contributed by atoms with Gasteiger partial charge in [-0.2, -0.15) is 0 Å². The molecule has 0 fully saturated rings. The van der Waals surface area contributed by atoms with Crippen LogP contribution in [-0.2, 0) is 9.53 Å². The Kier molecular flexibility index (Phi) is 10.7. The Hall–Kier alpha value is -1.09.